The molecule has 1 aliphatic heterocycles. The Bertz CT molecular complexity index is 1400. The van der Waals surface area contributed by atoms with E-state index in [-0.39, 0.29) is 0 Å². The summed E-state index contributed by atoms with van der Waals surface area (Å²) in [6, 6.07) is 31.9. The quantitative estimate of drug-likeness (QED) is 0.331. The molecule has 0 amide bonds. The van der Waals surface area contributed by atoms with E-state index in [2.05, 4.69) is 72.8 Å². The van der Waals surface area contributed by atoms with Crippen LogP contribution in [0.3, 0.4) is 0 Å². The van der Waals surface area contributed by atoms with Gasteiger partial charge in [-0.25, -0.2) is 0 Å². The maximum Gasteiger partial charge on any atom is 0.330 e. The number of para-hydroxylation sites is 1. The SMILES string of the molecule is CC(C)(O)C(C)(C)O[B]c1ccc2c(c1)C1(c3ccccc3O2)c2ccccc2-c2ccccc21. The van der Waals surface area contributed by atoms with Crippen LogP contribution in [0.25, 0.3) is 11.1 Å². The summed E-state index contributed by atoms with van der Waals surface area (Å²) in [7, 11) is 1.75. The van der Waals surface area contributed by atoms with Crippen LogP contribution in [0.4, 0.5) is 0 Å². The predicted octanol–water partition coefficient (Wildman–Crippen LogP) is 5.97. The average molecular weight is 459 g/mol. The maximum absolute atomic E-state index is 10.5. The lowest BCUT2D eigenvalue weighted by molar-refractivity contribution is -0.0893. The summed E-state index contributed by atoms with van der Waals surface area (Å²) in [5.41, 5.74) is 5.92. The Morgan fingerprint density at radius 2 is 1.23 bits per heavy atom. The van der Waals surface area contributed by atoms with Gasteiger partial charge in [-0.2, -0.15) is 0 Å². The summed E-state index contributed by atoms with van der Waals surface area (Å²) in [6.45, 7) is 7.32. The molecule has 4 heteroatoms. The van der Waals surface area contributed by atoms with Gasteiger partial charge in [0.15, 0.2) is 0 Å². The number of hydrogen-bond donors (Lipinski definition) is 1. The van der Waals surface area contributed by atoms with Crippen molar-refractivity contribution >= 4 is 12.9 Å². The molecule has 0 aromatic heterocycles. The predicted molar refractivity (Wildman–Crippen MR) is 141 cm³/mol. The molecule has 0 unspecified atom stereocenters. The molecule has 4 aromatic rings. The van der Waals surface area contributed by atoms with Crippen LogP contribution < -0.4 is 10.2 Å². The van der Waals surface area contributed by atoms with Gasteiger partial charge in [-0.3, -0.25) is 0 Å². The minimum Gasteiger partial charge on any atom is -0.457 e. The molecule has 0 saturated carbocycles. The van der Waals surface area contributed by atoms with Gasteiger partial charge in [-0.1, -0.05) is 84.3 Å². The van der Waals surface area contributed by atoms with E-state index in [1.807, 2.05) is 32.0 Å². The molecule has 6 rings (SSSR count). The van der Waals surface area contributed by atoms with Crippen LogP contribution in [0.15, 0.2) is 91.0 Å². The van der Waals surface area contributed by atoms with Crippen molar-refractivity contribution < 1.29 is 14.5 Å². The normalized spacial score (nSPS) is 15.0. The molecule has 4 aromatic carbocycles. The highest BCUT2D eigenvalue weighted by atomic mass is 16.5. The summed E-state index contributed by atoms with van der Waals surface area (Å²) in [5.74, 6) is 1.72. The first-order valence-electron chi connectivity index (χ1n) is 12.1. The van der Waals surface area contributed by atoms with Gasteiger partial charge in [-0.05, 0) is 62.1 Å². The zero-order valence-electron chi connectivity index (χ0n) is 20.5. The van der Waals surface area contributed by atoms with E-state index < -0.39 is 16.6 Å². The number of ether oxygens (including phenoxy) is 1. The zero-order chi connectivity index (χ0) is 24.4. The third-order valence-electron chi connectivity index (χ3n) is 7.83. The van der Waals surface area contributed by atoms with E-state index in [9.17, 15) is 5.11 Å². The van der Waals surface area contributed by atoms with Gasteiger partial charge >= 0.3 is 7.48 Å². The monoisotopic (exact) mass is 459 g/mol. The Hall–Kier alpha value is -3.34. The fourth-order valence-corrected chi connectivity index (χ4v) is 5.31. The topological polar surface area (TPSA) is 38.7 Å². The zero-order valence-corrected chi connectivity index (χ0v) is 20.5. The first kappa shape index (κ1) is 22.1. The molecule has 173 valence electrons. The van der Waals surface area contributed by atoms with Gasteiger partial charge in [0.05, 0.1) is 16.6 Å². The fraction of sp³-hybridized carbons (Fsp3) is 0.226. The van der Waals surface area contributed by atoms with E-state index in [0.29, 0.717) is 0 Å². The van der Waals surface area contributed by atoms with Gasteiger partial charge in [0.2, 0.25) is 0 Å². The average Bonchev–Trinajstić information content (AvgIpc) is 3.14. The highest BCUT2D eigenvalue weighted by molar-refractivity contribution is 6.47. The first-order valence-corrected chi connectivity index (χ1v) is 12.1. The Balaban J connectivity index is 1.58. The highest BCUT2D eigenvalue weighted by Gasteiger charge is 2.51. The molecule has 0 saturated heterocycles. The second-order valence-electron chi connectivity index (χ2n) is 10.5. The van der Waals surface area contributed by atoms with Crippen molar-refractivity contribution in [3.8, 4) is 22.6 Å². The molecule has 3 nitrogen and oxygen atoms in total. The minimum absolute atomic E-state index is 0.493. The lowest BCUT2D eigenvalue weighted by atomic mass is 9.65. The van der Waals surface area contributed by atoms with Crippen LogP contribution in [0, 0.1) is 0 Å². The van der Waals surface area contributed by atoms with Gasteiger partial charge < -0.3 is 14.5 Å². The van der Waals surface area contributed by atoms with Crippen molar-refractivity contribution in [1.82, 2.24) is 0 Å². The first-order chi connectivity index (χ1) is 16.7. The molecular formula is C31H28BO3. The van der Waals surface area contributed by atoms with Crippen molar-refractivity contribution in [2.24, 2.45) is 0 Å². The van der Waals surface area contributed by atoms with Crippen LogP contribution in [0.5, 0.6) is 11.5 Å². The van der Waals surface area contributed by atoms with E-state index in [1.165, 1.54) is 22.3 Å². The van der Waals surface area contributed by atoms with Crippen LogP contribution in [0.1, 0.15) is 49.9 Å². The number of aliphatic hydroxyl groups is 1. The third-order valence-corrected chi connectivity index (χ3v) is 7.83. The van der Waals surface area contributed by atoms with Crippen LogP contribution in [-0.2, 0) is 10.1 Å². The summed E-state index contributed by atoms with van der Waals surface area (Å²) < 4.78 is 12.6. The van der Waals surface area contributed by atoms with Crippen molar-refractivity contribution in [1.29, 1.82) is 0 Å². The Morgan fingerprint density at radius 3 is 1.86 bits per heavy atom. The maximum atomic E-state index is 10.5. The molecule has 0 fully saturated rings. The van der Waals surface area contributed by atoms with Crippen molar-refractivity contribution in [3.05, 3.63) is 113 Å². The Kier molecular flexibility index (Phi) is 4.80. The van der Waals surface area contributed by atoms with Gasteiger partial charge in [0.1, 0.15) is 11.5 Å². The van der Waals surface area contributed by atoms with E-state index in [0.717, 1.165) is 28.1 Å². The lowest BCUT2D eigenvalue weighted by Crippen LogP contribution is -2.49. The van der Waals surface area contributed by atoms with E-state index in [4.69, 9.17) is 9.39 Å². The number of benzene rings is 4. The molecule has 0 atom stereocenters. The van der Waals surface area contributed by atoms with Crippen LogP contribution in [0.2, 0.25) is 0 Å². The second-order valence-corrected chi connectivity index (χ2v) is 10.5. The number of rotatable bonds is 4. The molecule has 1 radical (unpaired) electrons. The van der Waals surface area contributed by atoms with Crippen molar-refractivity contribution in [2.75, 3.05) is 0 Å². The molecule has 1 aliphatic carbocycles. The van der Waals surface area contributed by atoms with Crippen molar-refractivity contribution in [3.63, 3.8) is 0 Å². The molecule has 1 heterocycles. The highest BCUT2D eigenvalue weighted by Crippen LogP contribution is 2.61. The minimum atomic E-state index is -0.996. The smallest absolute Gasteiger partial charge is 0.330 e. The molecule has 0 bridgehead atoms. The lowest BCUT2D eigenvalue weighted by Gasteiger charge is -2.40. The van der Waals surface area contributed by atoms with Crippen LogP contribution in [-0.4, -0.2) is 23.8 Å². The summed E-state index contributed by atoms with van der Waals surface area (Å²) >= 11 is 0. The molecule has 1 N–H and O–H groups in total. The molecule has 2 aliphatic rings. The Labute approximate surface area is 207 Å². The summed E-state index contributed by atoms with van der Waals surface area (Å²) in [5, 5.41) is 10.5. The second kappa shape index (κ2) is 7.58. The van der Waals surface area contributed by atoms with E-state index >= 15 is 0 Å². The molecule has 35 heavy (non-hydrogen) atoms. The van der Waals surface area contributed by atoms with Crippen LogP contribution >= 0.6 is 0 Å². The summed E-state index contributed by atoms with van der Waals surface area (Å²) in [6.07, 6.45) is 0. The largest absolute Gasteiger partial charge is 0.457 e. The van der Waals surface area contributed by atoms with E-state index in [1.54, 1.807) is 21.3 Å². The summed E-state index contributed by atoms with van der Waals surface area (Å²) in [4.78, 5) is 0. The number of hydrogen-bond acceptors (Lipinski definition) is 3. The fourth-order valence-electron chi connectivity index (χ4n) is 5.31. The Morgan fingerprint density at radius 1 is 0.686 bits per heavy atom. The van der Waals surface area contributed by atoms with Gasteiger partial charge in [0.25, 0.3) is 0 Å². The molecular weight excluding hydrogens is 431 g/mol. The molecule has 1 spiro atoms. The van der Waals surface area contributed by atoms with Crippen molar-refractivity contribution in [2.45, 2.75) is 44.3 Å². The third kappa shape index (κ3) is 3.13. The number of fused-ring (bicyclic) bond motifs is 9. The van der Waals surface area contributed by atoms with Gasteiger partial charge in [0, 0.05) is 11.1 Å². The van der Waals surface area contributed by atoms with Gasteiger partial charge in [-0.15, -0.1) is 0 Å². The standard InChI is InChI=1S/C31H28BO3/c1-29(2,33)30(3,4)35-32-20-17-18-28-26(19-20)31(25-15-9-10-16-27(25)34-28)23-13-7-5-11-21(23)22-12-6-8-14-24(22)31/h5-19,33H,1-4H3.